The number of benzene rings is 1. The van der Waals surface area contributed by atoms with E-state index in [4.69, 9.17) is 9.47 Å². The summed E-state index contributed by atoms with van der Waals surface area (Å²) in [6, 6.07) is 5.91. The van der Waals surface area contributed by atoms with Gasteiger partial charge in [0.05, 0.1) is 6.20 Å². The first-order valence-electron chi connectivity index (χ1n) is 7.33. The summed E-state index contributed by atoms with van der Waals surface area (Å²) in [5.41, 5.74) is 2.18. The maximum absolute atomic E-state index is 5.74. The Bertz CT molecular complexity index is 634. The number of aromatic nitrogens is 2. The van der Waals surface area contributed by atoms with E-state index in [1.807, 2.05) is 42.9 Å². The van der Waals surface area contributed by atoms with E-state index in [1.54, 1.807) is 0 Å². The van der Waals surface area contributed by atoms with Gasteiger partial charge >= 0.3 is 0 Å². The molecule has 0 aliphatic carbocycles. The minimum Gasteiger partial charge on any atom is -0.449 e. The number of anilines is 1. The van der Waals surface area contributed by atoms with Gasteiger partial charge in [-0.15, -0.1) is 0 Å². The molecule has 0 amide bonds. The fraction of sp³-hybridized carbons (Fsp3) is 0.438. The van der Waals surface area contributed by atoms with Crippen molar-refractivity contribution in [2.45, 2.75) is 46.1 Å². The molecule has 1 aliphatic heterocycles. The van der Waals surface area contributed by atoms with Crippen LogP contribution >= 0.6 is 0 Å². The van der Waals surface area contributed by atoms with Gasteiger partial charge in [-0.3, -0.25) is 4.68 Å². The van der Waals surface area contributed by atoms with Crippen LogP contribution in [-0.4, -0.2) is 15.6 Å². The zero-order valence-electron chi connectivity index (χ0n) is 12.7. The third-order valence-electron chi connectivity index (χ3n) is 3.29. The van der Waals surface area contributed by atoms with Gasteiger partial charge in [-0.25, -0.2) is 0 Å². The number of nitrogens with zero attached hydrogens (tertiary/aromatic N) is 2. The van der Waals surface area contributed by atoms with Gasteiger partial charge < -0.3 is 14.8 Å². The molecule has 0 radical (unpaired) electrons. The second kappa shape index (κ2) is 5.31. The molecule has 2 aromatic rings. The molecule has 0 fully saturated rings. The first kappa shape index (κ1) is 13.8. The maximum Gasteiger partial charge on any atom is 0.246 e. The first-order chi connectivity index (χ1) is 10.1. The molecule has 21 heavy (non-hydrogen) atoms. The summed E-state index contributed by atoms with van der Waals surface area (Å²) in [6.07, 6.45) is 5.07. The molecule has 5 nitrogen and oxygen atoms in total. The van der Waals surface area contributed by atoms with Crippen LogP contribution in [0.4, 0.5) is 5.69 Å². The number of rotatable bonds is 5. The van der Waals surface area contributed by atoms with Crippen LogP contribution in [-0.2, 0) is 13.1 Å². The van der Waals surface area contributed by atoms with E-state index in [0.717, 1.165) is 36.7 Å². The van der Waals surface area contributed by atoms with Crippen molar-refractivity contribution in [3.63, 3.8) is 0 Å². The third kappa shape index (κ3) is 3.12. The van der Waals surface area contributed by atoms with Gasteiger partial charge in [0.15, 0.2) is 11.5 Å². The molecule has 1 N–H and O–H groups in total. The minimum atomic E-state index is -0.581. The zero-order valence-corrected chi connectivity index (χ0v) is 12.7. The molecule has 1 aliphatic rings. The number of hydrogen-bond acceptors (Lipinski definition) is 4. The fourth-order valence-electron chi connectivity index (χ4n) is 2.39. The van der Waals surface area contributed by atoms with Crippen LogP contribution < -0.4 is 14.8 Å². The molecule has 0 saturated carbocycles. The Labute approximate surface area is 124 Å². The second-order valence-electron chi connectivity index (χ2n) is 5.73. The van der Waals surface area contributed by atoms with Crippen molar-refractivity contribution in [1.29, 1.82) is 0 Å². The van der Waals surface area contributed by atoms with Crippen LogP contribution in [0.3, 0.4) is 0 Å². The molecule has 112 valence electrons. The van der Waals surface area contributed by atoms with Crippen molar-refractivity contribution in [1.82, 2.24) is 9.78 Å². The largest absolute Gasteiger partial charge is 0.449 e. The van der Waals surface area contributed by atoms with E-state index >= 15 is 0 Å². The first-order valence-corrected chi connectivity index (χ1v) is 7.33. The van der Waals surface area contributed by atoms with E-state index < -0.39 is 5.79 Å². The number of hydrogen-bond donors (Lipinski definition) is 1. The van der Waals surface area contributed by atoms with Gasteiger partial charge in [0.1, 0.15) is 0 Å². The second-order valence-corrected chi connectivity index (χ2v) is 5.73. The summed E-state index contributed by atoms with van der Waals surface area (Å²) < 4.78 is 13.4. The molecular weight excluding hydrogens is 266 g/mol. The highest BCUT2D eigenvalue weighted by atomic mass is 16.7. The number of fused-ring (bicyclic) bond motifs is 1. The van der Waals surface area contributed by atoms with Gasteiger partial charge in [0, 0.05) is 50.5 Å². The van der Waals surface area contributed by atoms with E-state index in [2.05, 4.69) is 23.5 Å². The van der Waals surface area contributed by atoms with Crippen molar-refractivity contribution in [2.24, 2.45) is 0 Å². The van der Waals surface area contributed by atoms with Gasteiger partial charge in [-0.2, -0.15) is 5.10 Å². The van der Waals surface area contributed by atoms with Gasteiger partial charge in [0.25, 0.3) is 0 Å². The predicted molar refractivity (Wildman–Crippen MR) is 81.6 cm³/mol. The van der Waals surface area contributed by atoms with Crippen molar-refractivity contribution >= 4 is 5.69 Å². The minimum absolute atomic E-state index is 0.581. The Morgan fingerprint density at radius 1 is 1.24 bits per heavy atom. The Morgan fingerprint density at radius 2 is 2.05 bits per heavy atom. The summed E-state index contributed by atoms with van der Waals surface area (Å²) in [7, 11) is 0. The summed E-state index contributed by atoms with van der Waals surface area (Å²) in [5, 5.41) is 7.71. The molecule has 0 saturated heterocycles. The van der Waals surface area contributed by atoms with Crippen LogP contribution in [0.25, 0.3) is 0 Å². The van der Waals surface area contributed by atoms with Crippen LogP contribution in [0.15, 0.2) is 30.6 Å². The predicted octanol–water partition coefficient (Wildman–Crippen LogP) is 3.41. The average Bonchev–Trinajstić information content (AvgIpc) is 2.98. The molecular formula is C16H21N3O2. The molecule has 3 rings (SSSR count). The lowest BCUT2D eigenvalue weighted by molar-refractivity contribution is -0.0431. The lowest BCUT2D eigenvalue weighted by Crippen LogP contribution is -2.29. The number of ether oxygens (including phenoxy) is 2. The van der Waals surface area contributed by atoms with Crippen molar-refractivity contribution in [3.05, 3.63) is 36.2 Å². The monoisotopic (exact) mass is 287 g/mol. The molecule has 1 aromatic heterocycles. The zero-order chi connectivity index (χ0) is 14.9. The summed E-state index contributed by atoms with van der Waals surface area (Å²) in [4.78, 5) is 0. The fourth-order valence-corrected chi connectivity index (χ4v) is 2.39. The van der Waals surface area contributed by atoms with Gasteiger partial charge in [-0.05, 0) is 18.6 Å². The smallest absolute Gasteiger partial charge is 0.246 e. The van der Waals surface area contributed by atoms with E-state index in [1.165, 1.54) is 5.56 Å². The highest BCUT2D eigenvalue weighted by Gasteiger charge is 2.31. The highest BCUT2D eigenvalue weighted by molar-refractivity contribution is 5.56. The molecule has 0 atom stereocenters. The maximum atomic E-state index is 5.74. The average molecular weight is 287 g/mol. The number of nitrogens with one attached hydrogen (secondary N) is 1. The Hall–Kier alpha value is -2.17. The normalized spacial score (nSPS) is 15.2. The van der Waals surface area contributed by atoms with Crippen molar-refractivity contribution < 1.29 is 9.47 Å². The Kier molecular flexibility index (Phi) is 3.49. The third-order valence-corrected chi connectivity index (χ3v) is 3.29. The lowest BCUT2D eigenvalue weighted by Gasteiger charge is -2.16. The lowest BCUT2D eigenvalue weighted by atomic mass is 10.2. The molecule has 2 heterocycles. The van der Waals surface area contributed by atoms with E-state index in [0.29, 0.717) is 0 Å². The highest BCUT2D eigenvalue weighted by Crippen LogP contribution is 2.40. The SMILES string of the molecule is CCCn1cc(CNc2ccc3c(c2)OC(C)(C)O3)cn1. The molecule has 0 unspecified atom stereocenters. The summed E-state index contributed by atoms with van der Waals surface area (Å²) in [5.74, 6) is 0.996. The van der Waals surface area contributed by atoms with E-state index in [-0.39, 0.29) is 0 Å². The topological polar surface area (TPSA) is 48.3 Å². The van der Waals surface area contributed by atoms with Crippen LogP contribution in [0.1, 0.15) is 32.8 Å². The molecule has 0 bridgehead atoms. The van der Waals surface area contributed by atoms with Crippen LogP contribution in [0.2, 0.25) is 0 Å². The van der Waals surface area contributed by atoms with Crippen LogP contribution in [0, 0.1) is 0 Å². The van der Waals surface area contributed by atoms with Crippen molar-refractivity contribution in [3.8, 4) is 11.5 Å². The Balaban J connectivity index is 1.64. The van der Waals surface area contributed by atoms with Crippen LogP contribution in [0.5, 0.6) is 11.5 Å². The standard InChI is InChI=1S/C16H21N3O2/c1-4-7-19-11-12(10-18-19)9-17-13-5-6-14-15(8-13)21-16(2,3)20-14/h5-6,8,10-11,17H,4,7,9H2,1-3H3. The van der Waals surface area contributed by atoms with Gasteiger partial charge in [-0.1, -0.05) is 6.92 Å². The summed E-state index contributed by atoms with van der Waals surface area (Å²) in [6.45, 7) is 7.66. The molecule has 1 aromatic carbocycles. The van der Waals surface area contributed by atoms with Crippen molar-refractivity contribution in [2.75, 3.05) is 5.32 Å². The quantitative estimate of drug-likeness (QED) is 0.915. The Morgan fingerprint density at radius 3 is 2.86 bits per heavy atom. The van der Waals surface area contributed by atoms with Gasteiger partial charge in [0.2, 0.25) is 5.79 Å². The van der Waals surface area contributed by atoms with E-state index in [9.17, 15) is 0 Å². The molecule has 5 heteroatoms. The number of aryl methyl sites for hydroxylation is 1. The summed E-state index contributed by atoms with van der Waals surface area (Å²) >= 11 is 0. The molecule has 0 spiro atoms.